The summed E-state index contributed by atoms with van der Waals surface area (Å²) in [4.78, 5) is 12.7. The van der Waals surface area contributed by atoms with Gasteiger partial charge in [-0.3, -0.25) is 4.79 Å². The number of methoxy groups -OCH3 is 2. The van der Waals surface area contributed by atoms with Crippen molar-refractivity contribution in [1.29, 1.82) is 0 Å². The Morgan fingerprint density at radius 3 is 2.17 bits per heavy atom. The summed E-state index contributed by atoms with van der Waals surface area (Å²) in [5, 5.41) is 3.00. The Kier molecular flexibility index (Phi) is 5.50. The van der Waals surface area contributed by atoms with E-state index >= 15 is 0 Å². The molecule has 128 valence electrons. The predicted octanol–water partition coefficient (Wildman–Crippen LogP) is 3.87. The largest absolute Gasteiger partial charge is 0.493 e. The van der Waals surface area contributed by atoms with Crippen LogP contribution in [-0.2, 0) is 6.54 Å². The summed E-state index contributed by atoms with van der Waals surface area (Å²) in [7, 11) is 3.20. The van der Waals surface area contributed by atoms with E-state index in [0.29, 0.717) is 18.0 Å². The highest BCUT2D eigenvalue weighted by atomic mass is 16.5. The smallest absolute Gasteiger partial charge is 0.252 e. The molecule has 0 saturated heterocycles. The fourth-order valence-corrected chi connectivity index (χ4v) is 2.91. The second-order valence-electron chi connectivity index (χ2n) is 5.97. The average molecular weight is 327 g/mol. The number of carbonyl (C=O) groups excluding carboxylic acids is 1. The van der Waals surface area contributed by atoms with Gasteiger partial charge < -0.3 is 14.8 Å². The highest BCUT2D eigenvalue weighted by Gasteiger charge is 2.17. The normalized spacial score (nSPS) is 10.4. The summed E-state index contributed by atoms with van der Waals surface area (Å²) in [5.41, 5.74) is 5.94. The molecular formula is C20H25NO3. The third kappa shape index (κ3) is 3.37. The molecule has 0 spiro atoms. The lowest BCUT2D eigenvalue weighted by molar-refractivity contribution is 0.0949. The number of para-hydroxylation sites is 1. The third-order valence-electron chi connectivity index (χ3n) is 4.52. The molecule has 0 atom stereocenters. The summed E-state index contributed by atoms with van der Waals surface area (Å²) in [5.74, 6) is 1.24. The van der Waals surface area contributed by atoms with Gasteiger partial charge in [-0.05, 0) is 56.0 Å². The van der Waals surface area contributed by atoms with E-state index < -0.39 is 0 Å². The standard InChI is InChI=1S/C20H25NO3/c1-12-10-13(2)15(4)18(14(12)3)20(22)21-11-16-8-7-9-17(23-5)19(16)24-6/h7-10H,11H2,1-6H3,(H,21,22). The molecule has 0 radical (unpaired) electrons. The number of aryl methyl sites for hydroxylation is 2. The molecule has 0 aliphatic heterocycles. The van der Waals surface area contributed by atoms with Gasteiger partial charge in [0.15, 0.2) is 11.5 Å². The Hall–Kier alpha value is -2.49. The lowest BCUT2D eigenvalue weighted by Crippen LogP contribution is -2.25. The van der Waals surface area contributed by atoms with Crippen molar-refractivity contribution >= 4 is 5.91 Å². The van der Waals surface area contributed by atoms with E-state index in [0.717, 1.165) is 33.4 Å². The van der Waals surface area contributed by atoms with Gasteiger partial charge in [-0.2, -0.15) is 0 Å². The van der Waals surface area contributed by atoms with E-state index in [1.54, 1.807) is 14.2 Å². The molecule has 0 heterocycles. The van der Waals surface area contributed by atoms with Gasteiger partial charge in [0, 0.05) is 17.7 Å². The number of hydrogen-bond donors (Lipinski definition) is 1. The van der Waals surface area contributed by atoms with E-state index in [2.05, 4.69) is 11.4 Å². The van der Waals surface area contributed by atoms with Crippen LogP contribution in [0, 0.1) is 27.7 Å². The van der Waals surface area contributed by atoms with Gasteiger partial charge in [0.1, 0.15) is 0 Å². The molecule has 4 heteroatoms. The minimum atomic E-state index is -0.0679. The van der Waals surface area contributed by atoms with Crippen LogP contribution >= 0.6 is 0 Å². The molecule has 0 fully saturated rings. The average Bonchev–Trinajstić information content (AvgIpc) is 2.57. The molecule has 1 amide bonds. The van der Waals surface area contributed by atoms with Crippen LogP contribution in [-0.4, -0.2) is 20.1 Å². The summed E-state index contributed by atoms with van der Waals surface area (Å²) in [6, 6.07) is 7.76. The number of carbonyl (C=O) groups is 1. The fraction of sp³-hybridized carbons (Fsp3) is 0.350. The molecule has 2 aromatic rings. The van der Waals surface area contributed by atoms with Crippen molar-refractivity contribution in [2.24, 2.45) is 0 Å². The van der Waals surface area contributed by atoms with Crippen LogP contribution in [0.25, 0.3) is 0 Å². The van der Waals surface area contributed by atoms with Crippen molar-refractivity contribution in [1.82, 2.24) is 5.32 Å². The quantitative estimate of drug-likeness (QED) is 0.907. The minimum absolute atomic E-state index is 0.0679. The first kappa shape index (κ1) is 17.9. The van der Waals surface area contributed by atoms with Gasteiger partial charge in [0.05, 0.1) is 14.2 Å². The summed E-state index contributed by atoms with van der Waals surface area (Å²) < 4.78 is 10.7. The molecule has 24 heavy (non-hydrogen) atoms. The number of benzene rings is 2. The summed E-state index contributed by atoms with van der Waals surface area (Å²) >= 11 is 0. The Labute approximate surface area is 143 Å². The van der Waals surface area contributed by atoms with Crippen LogP contribution in [0.2, 0.25) is 0 Å². The first-order valence-electron chi connectivity index (χ1n) is 7.96. The van der Waals surface area contributed by atoms with Crippen molar-refractivity contribution in [3.63, 3.8) is 0 Å². The molecule has 0 bridgehead atoms. The molecule has 0 aliphatic rings. The molecule has 2 rings (SSSR count). The third-order valence-corrected chi connectivity index (χ3v) is 4.52. The van der Waals surface area contributed by atoms with Crippen LogP contribution in [0.4, 0.5) is 0 Å². The Morgan fingerprint density at radius 1 is 1.00 bits per heavy atom. The lowest BCUT2D eigenvalue weighted by atomic mass is 9.93. The highest BCUT2D eigenvalue weighted by molar-refractivity contribution is 5.97. The van der Waals surface area contributed by atoms with Crippen molar-refractivity contribution in [3.05, 3.63) is 57.6 Å². The Balaban J connectivity index is 2.27. The number of hydrogen-bond acceptors (Lipinski definition) is 3. The molecular weight excluding hydrogens is 302 g/mol. The number of amides is 1. The molecule has 2 aromatic carbocycles. The van der Waals surface area contributed by atoms with Crippen LogP contribution in [0.5, 0.6) is 11.5 Å². The predicted molar refractivity (Wildman–Crippen MR) is 96.1 cm³/mol. The SMILES string of the molecule is COc1cccc(CNC(=O)c2c(C)c(C)cc(C)c2C)c1OC. The first-order valence-corrected chi connectivity index (χ1v) is 7.96. The minimum Gasteiger partial charge on any atom is -0.493 e. The van der Waals surface area contributed by atoms with E-state index in [4.69, 9.17) is 9.47 Å². The maximum atomic E-state index is 12.7. The summed E-state index contributed by atoms with van der Waals surface area (Å²) in [6.45, 7) is 8.42. The Bertz CT molecular complexity index is 740. The summed E-state index contributed by atoms with van der Waals surface area (Å²) in [6.07, 6.45) is 0. The lowest BCUT2D eigenvalue weighted by Gasteiger charge is -2.16. The molecule has 0 aliphatic carbocycles. The van der Waals surface area contributed by atoms with Gasteiger partial charge in [-0.25, -0.2) is 0 Å². The van der Waals surface area contributed by atoms with E-state index in [9.17, 15) is 4.79 Å². The topological polar surface area (TPSA) is 47.6 Å². The van der Waals surface area contributed by atoms with Crippen molar-refractivity contribution in [2.45, 2.75) is 34.2 Å². The number of rotatable bonds is 5. The molecule has 0 saturated carbocycles. The number of ether oxygens (including phenoxy) is 2. The highest BCUT2D eigenvalue weighted by Crippen LogP contribution is 2.30. The zero-order chi connectivity index (χ0) is 17.9. The molecule has 0 unspecified atom stereocenters. The zero-order valence-electron chi connectivity index (χ0n) is 15.2. The van der Waals surface area contributed by atoms with E-state index in [1.165, 1.54) is 0 Å². The van der Waals surface area contributed by atoms with Crippen LogP contribution < -0.4 is 14.8 Å². The zero-order valence-corrected chi connectivity index (χ0v) is 15.2. The van der Waals surface area contributed by atoms with Gasteiger partial charge in [-0.1, -0.05) is 18.2 Å². The van der Waals surface area contributed by atoms with Crippen LogP contribution in [0.3, 0.4) is 0 Å². The first-order chi connectivity index (χ1) is 11.4. The van der Waals surface area contributed by atoms with Gasteiger partial charge in [-0.15, -0.1) is 0 Å². The van der Waals surface area contributed by atoms with Crippen molar-refractivity contribution in [3.8, 4) is 11.5 Å². The molecule has 1 N–H and O–H groups in total. The maximum absolute atomic E-state index is 12.7. The van der Waals surface area contributed by atoms with Crippen LogP contribution in [0.1, 0.15) is 38.2 Å². The second-order valence-corrected chi connectivity index (χ2v) is 5.97. The van der Waals surface area contributed by atoms with Crippen molar-refractivity contribution in [2.75, 3.05) is 14.2 Å². The molecule has 4 nitrogen and oxygen atoms in total. The number of nitrogens with one attached hydrogen (secondary N) is 1. The van der Waals surface area contributed by atoms with Crippen LogP contribution in [0.15, 0.2) is 24.3 Å². The van der Waals surface area contributed by atoms with E-state index in [1.807, 2.05) is 45.9 Å². The second kappa shape index (κ2) is 7.39. The van der Waals surface area contributed by atoms with Crippen molar-refractivity contribution < 1.29 is 14.3 Å². The fourth-order valence-electron chi connectivity index (χ4n) is 2.91. The van der Waals surface area contributed by atoms with Gasteiger partial charge >= 0.3 is 0 Å². The van der Waals surface area contributed by atoms with Gasteiger partial charge in [0.2, 0.25) is 0 Å². The monoisotopic (exact) mass is 327 g/mol. The maximum Gasteiger partial charge on any atom is 0.252 e. The Morgan fingerprint density at radius 2 is 1.62 bits per heavy atom. The van der Waals surface area contributed by atoms with Gasteiger partial charge in [0.25, 0.3) is 5.91 Å². The molecule has 0 aromatic heterocycles. The van der Waals surface area contributed by atoms with E-state index in [-0.39, 0.29) is 5.91 Å².